The Morgan fingerprint density at radius 1 is 1.18 bits per heavy atom. The summed E-state index contributed by atoms with van der Waals surface area (Å²) in [6.07, 6.45) is 0.948. The zero-order valence-electron chi connectivity index (χ0n) is 13.2. The number of urea groups is 1. The summed E-state index contributed by atoms with van der Waals surface area (Å²) in [5.74, 6) is -0.422. The second-order valence-electron chi connectivity index (χ2n) is 5.34. The van der Waals surface area contributed by atoms with Crippen molar-refractivity contribution in [1.29, 1.82) is 0 Å². The number of hydrogen-bond donors (Lipinski definition) is 1. The van der Waals surface area contributed by atoms with Gasteiger partial charge in [0.05, 0.1) is 17.9 Å². The third-order valence-corrected chi connectivity index (χ3v) is 3.67. The lowest BCUT2D eigenvalue weighted by Gasteiger charge is -2.21. The molecule has 0 saturated carbocycles. The van der Waals surface area contributed by atoms with E-state index in [1.165, 1.54) is 0 Å². The Labute approximate surface area is 131 Å². The van der Waals surface area contributed by atoms with Crippen LogP contribution in [0.15, 0.2) is 24.3 Å². The molecular weight excluding hydrogens is 282 g/mol. The summed E-state index contributed by atoms with van der Waals surface area (Å²) in [7, 11) is 2.05. The zero-order chi connectivity index (χ0) is 15.9. The highest BCUT2D eigenvalue weighted by atomic mass is 16.5. The van der Waals surface area contributed by atoms with Crippen LogP contribution in [0.3, 0.4) is 0 Å². The van der Waals surface area contributed by atoms with Crippen molar-refractivity contribution in [2.75, 3.05) is 45.2 Å². The van der Waals surface area contributed by atoms with Crippen molar-refractivity contribution < 1.29 is 14.3 Å². The van der Waals surface area contributed by atoms with Crippen LogP contribution in [0.25, 0.3) is 0 Å². The van der Waals surface area contributed by atoms with Crippen LogP contribution in [-0.4, -0.2) is 61.6 Å². The summed E-state index contributed by atoms with van der Waals surface area (Å²) < 4.78 is 5.02. The summed E-state index contributed by atoms with van der Waals surface area (Å²) in [6, 6.07) is 6.74. The van der Waals surface area contributed by atoms with E-state index in [2.05, 4.69) is 17.3 Å². The summed E-state index contributed by atoms with van der Waals surface area (Å²) in [6.45, 7) is 5.31. The molecule has 22 heavy (non-hydrogen) atoms. The van der Waals surface area contributed by atoms with E-state index >= 15 is 0 Å². The molecule has 1 aliphatic heterocycles. The van der Waals surface area contributed by atoms with Crippen LogP contribution in [0.2, 0.25) is 0 Å². The average molecular weight is 305 g/mol. The maximum atomic E-state index is 12.4. The number of nitrogens with zero attached hydrogens (tertiary/aromatic N) is 2. The highest BCUT2D eigenvalue weighted by Crippen LogP contribution is 2.17. The maximum Gasteiger partial charge on any atom is 0.340 e. The first-order valence-electron chi connectivity index (χ1n) is 7.62. The number of rotatable bonds is 3. The Balaban J connectivity index is 2.06. The van der Waals surface area contributed by atoms with Gasteiger partial charge in [-0.05, 0) is 39.1 Å². The summed E-state index contributed by atoms with van der Waals surface area (Å²) in [5.41, 5.74) is 0.869. The van der Waals surface area contributed by atoms with Crippen LogP contribution in [-0.2, 0) is 4.74 Å². The van der Waals surface area contributed by atoms with Gasteiger partial charge in [-0.3, -0.25) is 0 Å². The van der Waals surface area contributed by atoms with E-state index in [0.29, 0.717) is 24.4 Å². The Morgan fingerprint density at radius 2 is 1.95 bits per heavy atom. The fourth-order valence-electron chi connectivity index (χ4n) is 2.42. The highest BCUT2D eigenvalue weighted by Gasteiger charge is 2.19. The number of amides is 2. The number of carbonyl (C=O) groups excluding carboxylic acids is 2. The molecule has 1 aromatic carbocycles. The Morgan fingerprint density at radius 3 is 2.73 bits per heavy atom. The molecule has 1 N–H and O–H groups in total. The van der Waals surface area contributed by atoms with Gasteiger partial charge in [0.1, 0.15) is 0 Å². The van der Waals surface area contributed by atoms with Gasteiger partial charge in [0, 0.05) is 19.6 Å². The second kappa shape index (κ2) is 7.79. The van der Waals surface area contributed by atoms with E-state index in [-0.39, 0.29) is 6.03 Å². The average Bonchev–Trinajstić information content (AvgIpc) is 2.73. The molecule has 1 saturated heterocycles. The lowest BCUT2D eigenvalue weighted by atomic mass is 10.2. The van der Waals surface area contributed by atoms with Crippen LogP contribution in [0, 0.1) is 0 Å². The third kappa shape index (κ3) is 4.21. The molecule has 0 aromatic heterocycles. The van der Waals surface area contributed by atoms with Gasteiger partial charge in [-0.25, -0.2) is 9.59 Å². The van der Waals surface area contributed by atoms with Gasteiger partial charge in [0.2, 0.25) is 0 Å². The standard InChI is InChI=1S/C16H23N3O3/c1-3-22-15(20)13-7-4-5-8-14(13)17-16(21)19-10-6-9-18(2)11-12-19/h4-5,7-8H,3,6,9-12H2,1-2H3,(H,17,21). The van der Waals surface area contributed by atoms with Gasteiger partial charge in [0.25, 0.3) is 0 Å². The fraction of sp³-hybridized carbons (Fsp3) is 0.500. The molecule has 0 unspecified atom stereocenters. The van der Waals surface area contributed by atoms with Crippen LogP contribution >= 0.6 is 0 Å². The number of likely N-dealkylation sites (N-methyl/N-ethyl adjacent to an activating group) is 1. The van der Waals surface area contributed by atoms with Crippen LogP contribution in [0.4, 0.5) is 10.5 Å². The quantitative estimate of drug-likeness (QED) is 0.868. The molecule has 120 valence electrons. The van der Waals surface area contributed by atoms with Crippen molar-refractivity contribution in [2.45, 2.75) is 13.3 Å². The minimum absolute atomic E-state index is 0.174. The topological polar surface area (TPSA) is 61.9 Å². The minimum Gasteiger partial charge on any atom is -0.462 e. The molecular formula is C16H23N3O3. The molecule has 2 rings (SSSR count). The second-order valence-corrected chi connectivity index (χ2v) is 5.34. The van der Waals surface area contributed by atoms with Gasteiger partial charge in [-0.15, -0.1) is 0 Å². The lowest BCUT2D eigenvalue weighted by Crippen LogP contribution is -2.38. The van der Waals surface area contributed by atoms with Crippen molar-refractivity contribution in [2.24, 2.45) is 0 Å². The SMILES string of the molecule is CCOC(=O)c1ccccc1NC(=O)N1CCCN(C)CC1. The van der Waals surface area contributed by atoms with Crippen molar-refractivity contribution in [3.05, 3.63) is 29.8 Å². The van der Waals surface area contributed by atoms with E-state index in [1.54, 1.807) is 36.1 Å². The first kappa shape index (κ1) is 16.3. The molecule has 0 bridgehead atoms. The Kier molecular flexibility index (Phi) is 5.77. The number of anilines is 1. The Hall–Kier alpha value is -2.08. The van der Waals surface area contributed by atoms with E-state index in [1.807, 2.05) is 0 Å². The van der Waals surface area contributed by atoms with Crippen LogP contribution in [0.1, 0.15) is 23.7 Å². The molecule has 1 heterocycles. The van der Waals surface area contributed by atoms with Gasteiger partial charge in [-0.1, -0.05) is 12.1 Å². The largest absolute Gasteiger partial charge is 0.462 e. The number of ether oxygens (including phenoxy) is 1. The molecule has 6 heteroatoms. The molecule has 1 aromatic rings. The predicted molar refractivity (Wildman–Crippen MR) is 85.1 cm³/mol. The van der Waals surface area contributed by atoms with Crippen molar-refractivity contribution >= 4 is 17.7 Å². The number of benzene rings is 1. The Bertz CT molecular complexity index is 533. The molecule has 0 atom stereocenters. The fourth-order valence-corrected chi connectivity index (χ4v) is 2.42. The number of nitrogens with one attached hydrogen (secondary N) is 1. The molecule has 1 aliphatic rings. The molecule has 6 nitrogen and oxygen atoms in total. The minimum atomic E-state index is -0.422. The lowest BCUT2D eigenvalue weighted by molar-refractivity contribution is 0.0527. The number of hydrogen-bond acceptors (Lipinski definition) is 4. The molecule has 0 aliphatic carbocycles. The summed E-state index contributed by atoms with van der Waals surface area (Å²) in [4.78, 5) is 28.3. The van der Waals surface area contributed by atoms with E-state index in [9.17, 15) is 9.59 Å². The van der Waals surface area contributed by atoms with E-state index in [0.717, 1.165) is 26.1 Å². The smallest absolute Gasteiger partial charge is 0.340 e. The van der Waals surface area contributed by atoms with Crippen LogP contribution in [0.5, 0.6) is 0 Å². The van der Waals surface area contributed by atoms with Gasteiger partial charge in [-0.2, -0.15) is 0 Å². The first-order valence-corrected chi connectivity index (χ1v) is 7.62. The summed E-state index contributed by atoms with van der Waals surface area (Å²) >= 11 is 0. The van der Waals surface area contributed by atoms with E-state index in [4.69, 9.17) is 4.74 Å². The normalized spacial score (nSPS) is 16.0. The van der Waals surface area contributed by atoms with Crippen molar-refractivity contribution in [3.8, 4) is 0 Å². The van der Waals surface area contributed by atoms with Gasteiger partial charge in [0.15, 0.2) is 0 Å². The van der Waals surface area contributed by atoms with Crippen molar-refractivity contribution in [1.82, 2.24) is 9.80 Å². The zero-order valence-corrected chi connectivity index (χ0v) is 13.2. The third-order valence-electron chi connectivity index (χ3n) is 3.67. The molecule has 0 spiro atoms. The predicted octanol–water partition coefficient (Wildman–Crippen LogP) is 2.03. The van der Waals surface area contributed by atoms with Crippen LogP contribution < -0.4 is 5.32 Å². The summed E-state index contributed by atoms with van der Waals surface area (Å²) in [5, 5.41) is 2.83. The highest BCUT2D eigenvalue weighted by molar-refractivity contribution is 6.00. The molecule has 2 amide bonds. The monoisotopic (exact) mass is 305 g/mol. The van der Waals surface area contributed by atoms with Gasteiger partial charge < -0.3 is 19.9 Å². The van der Waals surface area contributed by atoms with E-state index < -0.39 is 5.97 Å². The number of esters is 1. The molecule has 0 radical (unpaired) electrons. The van der Waals surface area contributed by atoms with Crippen molar-refractivity contribution in [3.63, 3.8) is 0 Å². The van der Waals surface area contributed by atoms with Gasteiger partial charge >= 0.3 is 12.0 Å². The maximum absolute atomic E-state index is 12.4. The number of carbonyl (C=O) groups is 2. The first-order chi connectivity index (χ1) is 10.6. The molecule has 1 fully saturated rings. The number of para-hydroxylation sites is 1.